The molecule has 116 valence electrons. The first kappa shape index (κ1) is 14.2. The Bertz CT molecular complexity index is 659. The number of rotatable bonds is 3. The second-order valence-electron chi connectivity index (χ2n) is 6.09. The summed E-state index contributed by atoms with van der Waals surface area (Å²) in [5.41, 5.74) is 0.892. The van der Waals surface area contributed by atoms with Gasteiger partial charge in [0.15, 0.2) is 0 Å². The Morgan fingerprint density at radius 2 is 2.23 bits per heavy atom. The van der Waals surface area contributed by atoms with Crippen molar-refractivity contribution in [2.24, 2.45) is 0 Å². The summed E-state index contributed by atoms with van der Waals surface area (Å²) in [7, 11) is 0. The maximum Gasteiger partial charge on any atom is 0.241 e. The van der Waals surface area contributed by atoms with Gasteiger partial charge in [-0.3, -0.25) is 9.80 Å². The van der Waals surface area contributed by atoms with E-state index in [0.717, 1.165) is 31.7 Å². The van der Waals surface area contributed by atoms with Crippen molar-refractivity contribution in [3.63, 3.8) is 0 Å². The monoisotopic (exact) mass is 318 g/mol. The van der Waals surface area contributed by atoms with E-state index in [0.29, 0.717) is 22.8 Å². The summed E-state index contributed by atoms with van der Waals surface area (Å²) in [5.74, 6) is 1.29. The topological polar surface area (TPSA) is 45.4 Å². The summed E-state index contributed by atoms with van der Waals surface area (Å²) in [4.78, 5) is 9.53. The molecule has 0 N–H and O–H groups in total. The van der Waals surface area contributed by atoms with Crippen LogP contribution in [0.3, 0.4) is 0 Å². The average Bonchev–Trinajstić information content (AvgIpc) is 3.16. The molecule has 2 saturated heterocycles. The van der Waals surface area contributed by atoms with Crippen molar-refractivity contribution in [1.29, 1.82) is 0 Å². The van der Waals surface area contributed by atoms with Crippen molar-refractivity contribution in [3.8, 4) is 11.4 Å². The smallest absolute Gasteiger partial charge is 0.241 e. The van der Waals surface area contributed by atoms with Gasteiger partial charge in [-0.15, -0.1) is 0 Å². The van der Waals surface area contributed by atoms with Gasteiger partial charge in [0.25, 0.3) is 0 Å². The molecule has 2 fully saturated rings. The van der Waals surface area contributed by atoms with Gasteiger partial charge in [0.1, 0.15) is 0 Å². The molecule has 2 aliphatic rings. The molecule has 0 aliphatic carbocycles. The van der Waals surface area contributed by atoms with Gasteiger partial charge in [0.2, 0.25) is 11.7 Å². The van der Waals surface area contributed by atoms with Crippen molar-refractivity contribution < 1.29 is 4.52 Å². The van der Waals surface area contributed by atoms with Gasteiger partial charge in [0, 0.05) is 36.3 Å². The number of aromatic nitrogens is 2. The van der Waals surface area contributed by atoms with Crippen molar-refractivity contribution in [2.75, 3.05) is 26.2 Å². The lowest BCUT2D eigenvalue weighted by Gasteiger charge is -2.36. The average molecular weight is 319 g/mol. The molecular formula is C16H19ClN4O. The van der Waals surface area contributed by atoms with Gasteiger partial charge in [-0.05, 0) is 31.5 Å². The van der Waals surface area contributed by atoms with E-state index < -0.39 is 0 Å². The summed E-state index contributed by atoms with van der Waals surface area (Å²) in [6.45, 7) is 5.33. The minimum absolute atomic E-state index is 0.608. The van der Waals surface area contributed by atoms with Crippen LogP contribution >= 0.6 is 11.6 Å². The Kier molecular flexibility index (Phi) is 3.86. The molecule has 4 rings (SSSR count). The van der Waals surface area contributed by atoms with Crippen molar-refractivity contribution in [3.05, 3.63) is 35.2 Å². The van der Waals surface area contributed by atoms with Crippen LogP contribution in [-0.2, 0) is 6.54 Å². The second-order valence-corrected chi connectivity index (χ2v) is 6.53. The molecule has 22 heavy (non-hydrogen) atoms. The molecule has 0 amide bonds. The molecule has 1 aromatic heterocycles. The molecule has 0 saturated carbocycles. The van der Waals surface area contributed by atoms with Gasteiger partial charge >= 0.3 is 0 Å². The number of nitrogens with zero attached hydrogens (tertiary/aromatic N) is 4. The molecule has 0 unspecified atom stereocenters. The fourth-order valence-corrected chi connectivity index (χ4v) is 3.64. The van der Waals surface area contributed by atoms with Crippen LogP contribution in [0.5, 0.6) is 0 Å². The van der Waals surface area contributed by atoms with E-state index in [9.17, 15) is 0 Å². The van der Waals surface area contributed by atoms with Gasteiger partial charge in [-0.2, -0.15) is 4.98 Å². The Morgan fingerprint density at radius 1 is 1.27 bits per heavy atom. The SMILES string of the molecule is Clc1cccc(-c2noc(CN3CCN4CCC[C@@H]4C3)n2)c1. The summed E-state index contributed by atoms with van der Waals surface area (Å²) >= 11 is 6.01. The van der Waals surface area contributed by atoms with Crippen molar-refractivity contribution >= 4 is 11.6 Å². The van der Waals surface area contributed by atoms with E-state index in [1.165, 1.54) is 19.4 Å². The highest BCUT2D eigenvalue weighted by Crippen LogP contribution is 2.23. The zero-order valence-electron chi connectivity index (χ0n) is 12.4. The minimum atomic E-state index is 0.608. The summed E-state index contributed by atoms with van der Waals surface area (Å²) in [5, 5.41) is 4.76. The number of halogens is 1. The van der Waals surface area contributed by atoms with E-state index in [1.807, 2.05) is 24.3 Å². The standard InChI is InChI=1S/C16H19ClN4O/c17-13-4-1-3-12(9-13)16-18-15(22-19-16)11-20-7-8-21-6-2-5-14(21)10-20/h1,3-4,9,14H,2,5-8,10-11H2/t14-/m1/s1. The van der Waals surface area contributed by atoms with Gasteiger partial charge in [-0.25, -0.2) is 0 Å². The van der Waals surface area contributed by atoms with E-state index >= 15 is 0 Å². The van der Waals surface area contributed by atoms with E-state index in [4.69, 9.17) is 16.1 Å². The minimum Gasteiger partial charge on any atom is -0.338 e. The number of hydrogen-bond acceptors (Lipinski definition) is 5. The maximum atomic E-state index is 6.01. The van der Waals surface area contributed by atoms with E-state index in [2.05, 4.69) is 19.9 Å². The van der Waals surface area contributed by atoms with E-state index in [-0.39, 0.29) is 0 Å². The van der Waals surface area contributed by atoms with Crippen LogP contribution in [0.1, 0.15) is 18.7 Å². The molecule has 2 aromatic rings. The third-order valence-electron chi connectivity index (χ3n) is 4.58. The third kappa shape index (κ3) is 2.89. The van der Waals surface area contributed by atoms with Crippen molar-refractivity contribution in [1.82, 2.24) is 19.9 Å². The molecule has 2 aliphatic heterocycles. The highest BCUT2D eigenvalue weighted by atomic mass is 35.5. The molecule has 5 nitrogen and oxygen atoms in total. The molecule has 3 heterocycles. The number of piperazine rings is 1. The molecule has 1 aromatic carbocycles. The first-order valence-corrected chi connectivity index (χ1v) is 8.21. The largest absolute Gasteiger partial charge is 0.338 e. The molecule has 0 spiro atoms. The normalized spacial score (nSPS) is 22.9. The molecule has 6 heteroatoms. The predicted octanol–water partition coefficient (Wildman–Crippen LogP) is 2.67. The number of hydrogen-bond donors (Lipinski definition) is 0. The highest BCUT2D eigenvalue weighted by molar-refractivity contribution is 6.30. The molecule has 0 bridgehead atoms. The lowest BCUT2D eigenvalue weighted by atomic mass is 10.1. The molecule has 0 radical (unpaired) electrons. The third-order valence-corrected chi connectivity index (χ3v) is 4.82. The Balaban J connectivity index is 1.44. The summed E-state index contributed by atoms with van der Waals surface area (Å²) in [6.07, 6.45) is 2.64. The molecule has 1 atom stereocenters. The number of fused-ring (bicyclic) bond motifs is 1. The quantitative estimate of drug-likeness (QED) is 0.870. The lowest BCUT2D eigenvalue weighted by molar-refractivity contribution is 0.0908. The van der Waals surface area contributed by atoms with Crippen molar-refractivity contribution in [2.45, 2.75) is 25.4 Å². The predicted molar refractivity (Wildman–Crippen MR) is 84.6 cm³/mol. The van der Waals surface area contributed by atoms with Crippen LogP contribution in [0.2, 0.25) is 5.02 Å². The highest BCUT2D eigenvalue weighted by Gasteiger charge is 2.31. The second kappa shape index (κ2) is 5.99. The summed E-state index contributed by atoms with van der Waals surface area (Å²) < 4.78 is 5.41. The Morgan fingerprint density at radius 3 is 3.14 bits per heavy atom. The lowest BCUT2D eigenvalue weighted by Crippen LogP contribution is -2.49. The van der Waals surface area contributed by atoms with Gasteiger partial charge < -0.3 is 4.52 Å². The Hall–Kier alpha value is -1.43. The van der Waals surface area contributed by atoms with Crippen LogP contribution < -0.4 is 0 Å². The van der Waals surface area contributed by atoms with Crippen LogP contribution in [0.15, 0.2) is 28.8 Å². The molecular weight excluding hydrogens is 300 g/mol. The van der Waals surface area contributed by atoms with Crippen LogP contribution in [0, 0.1) is 0 Å². The zero-order chi connectivity index (χ0) is 14.9. The van der Waals surface area contributed by atoms with Crippen LogP contribution in [0.25, 0.3) is 11.4 Å². The van der Waals surface area contributed by atoms with E-state index in [1.54, 1.807) is 0 Å². The zero-order valence-corrected chi connectivity index (χ0v) is 13.2. The Labute approximate surface area is 134 Å². The number of benzene rings is 1. The fourth-order valence-electron chi connectivity index (χ4n) is 3.45. The van der Waals surface area contributed by atoms with Crippen LogP contribution in [-0.4, -0.2) is 52.2 Å². The first-order chi connectivity index (χ1) is 10.8. The first-order valence-electron chi connectivity index (χ1n) is 7.83. The van der Waals surface area contributed by atoms with Gasteiger partial charge in [0.05, 0.1) is 6.54 Å². The summed E-state index contributed by atoms with van der Waals surface area (Å²) in [6, 6.07) is 8.25. The fraction of sp³-hybridized carbons (Fsp3) is 0.500. The van der Waals surface area contributed by atoms with Crippen LogP contribution in [0.4, 0.5) is 0 Å². The van der Waals surface area contributed by atoms with Gasteiger partial charge in [-0.1, -0.05) is 28.9 Å². The maximum absolute atomic E-state index is 6.01.